The van der Waals surface area contributed by atoms with Gasteiger partial charge < -0.3 is 10.1 Å². The first-order valence-corrected chi connectivity index (χ1v) is 6.64. The fourth-order valence-electron chi connectivity index (χ4n) is 1.90. The largest absolute Gasteiger partial charge is 0.368 e. The molecule has 1 aromatic carbocycles. The molecular weight excluding hydrogens is 232 g/mol. The molecule has 2 aromatic rings. The lowest BCUT2D eigenvalue weighted by atomic mass is 10.2. The zero-order chi connectivity index (χ0) is 11.5. The van der Waals surface area contributed by atoms with E-state index in [1.54, 1.807) is 11.3 Å². The fraction of sp³-hybridized carbons (Fsp3) is 0.308. The summed E-state index contributed by atoms with van der Waals surface area (Å²) in [4.78, 5) is 4.66. The molecule has 0 radical (unpaired) electrons. The number of rotatable bonds is 2. The summed E-state index contributed by atoms with van der Waals surface area (Å²) >= 11 is 1.67. The van der Waals surface area contributed by atoms with E-state index in [9.17, 15) is 0 Å². The molecule has 0 unspecified atom stereocenters. The first-order valence-electron chi connectivity index (χ1n) is 5.76. The lowest BCUT2D eigenvalue weighted by Gasteiger charge is -2.21. The minimum absolute atomic E-state index is 0.117. The number of hydrogen-bond acceptors (Lipinski definition) is 4. The number of hydrogen-bond donors (Lipinski definition) is 1. The molecule has 0 saturated carbocycles. The predicted octanol–water partition coefficient (Wildman–Crippen LogP) is 2.47. The SMILES string of the molecule is c1ccc(-c2csc([C@H]3CNCCO3)n2)cc1. The third-order valence-corrected chi connectivity index (χ3v) is 3.73. The molecule has 0 aliphatic carbocycles. The van der Waals surface area contributed by atoms with Crippen molar-refractivity contribution < 1.29 is 4.74 Å². The second-order valence-corrected chi connectivity index (χ2v) is 4.89. The highest BCUT2D eigenvalue weighted by Crippen LogP contribution is 2.27. The van der Waals surface area contributed by atoms with Crippen molar-refractivity contribution in [2.75, 3.05) is 19.7 Å². The molecule has 2 heterocycles. The maximum absolute atomic E-state index is 5.70. The van der Waals surface area contributed by atoms with E-state index in [4.69, 9.17) is 4.74 Å². The molecule has 0 amide bonds. The molecular formula is C13H14N2OS. The van der Waals surface area contributed by atoms with Crippen LogP contribution in [0.1, 0.15) is 11.1 Å². The first-order chi connectivity index (χ1) is 8.43. The van der Waals surface area contributed by atoms with E-state index < -0.39 is 0 Å². The Kier molecular flexibility index (Phi) is 3.18. The minimum Gasteiger partial charge on any atom is -0.368 e. The summed E-state index contributed by atoms with van der Waals surface area (Å²) in [6.07, 6.45) is 0.117. The number of aromatic nitrogens is 1. The van der Waals surface area contributed by atoms with Crippen molar-refractivity contribution in [1.29, 1.82) is 0 Å². The van der Waals surface area contributed by atoms with Gasteiger partial charge in [-0.3, -0.25) is 0 Å². The van der Waals surface area contributed by atoms with Gasteiger partial charge >= 0.3 is 0 Å². The summed E-state index contributed by atoms with van der Waals surface area (Å²) in [6, 6.07) is 10.3. The topological polar surface area (TPSA) is 34.1 Å². The smallest absolute Gasteiger partial charge is 0.124 e. The van der Waals surface area contributed by atoms with Gasteiger partial charge in [0.2, 0.25) is 0 Å². The van der Waals surface area contributed by atoms with Gasteiger partial charge in [-0.1, -0.05) is 30.3 Å². The van der Waals surface area contributed by atoms with Crippen molar-refractivity contribution in [3.63, 3.8) is 0 Å². The summed E-state index contributed by atoms with van der Waals surface area (Å²) in [6.45, 7) is 2.57. The van der Waals surface area contributed by atoms with E-state index in [1.807, 2.05) is 18.2 Å². The molecule has 0 bridgehead atoms. The molecule has 4 heteroatoms. The zero-order valence-corrected chi connectivity index (χ0v) is 10.2. The molecule has 1 aliphatic heterocycles. The molecule has 1 aliphatic rings. The van der Waals surface area contributed by atoms with Gasteiger partial charge in [-0.15, -0.1) is 11.3 Å². The molecule has 88 valence electrons. The van der Waals surface area contributed by atoms with Gasteiger partial charge in [0, 0.05) is 24.0 Å². The Morgan fingerprint density at radius 3 is 2.94 bits per heavy atom. The highest BCUT2D eigenvalue weighted by molar-refractivity contribution is 7.10. The molecule has 1 saturated heterocycles. The molecule has 0 spiro atoms. The van der Waals surface area contributed by atoms with Crippen LogP contribution in [0.2, 0.25) is 0 Å². The summed E-state index contributed by atoms with van der Waals surface area (Å²) in [5.74, 6) is 0. The maximum Gasteiger partial charge on any atom is 0.124 e. The van der Waals surface area contributed by atoms with E-state index in [0.717, 1.165) is 30.4 Å². The summed E-state index contributed by atoms with van der Waals surface area (Å²) < 4.78 is 5.70. The second kappa shape index (κ2) is 4.96. The van der Waals surface area contributed by atoms with Crippen LogP contribution in [0, 0.1) is 0 Å². The van der Waals surface area contributed by atoms with E-state index in [-0.39, 0.29) is 6.10 Å². The van der Waals surface area contributed by atoms with Gasteiger partial charge in [0.15, 0.2) is 0 Å². The minimum atomic E-state index is 0.117. The highest BCUT2D eigenvalue weighted by atomic mass is 32.1. The van der Waals surface area contributed by atoms with Crippen molar-refractivity contribution >= 4 is 11.3 Å². The molecule has 3 rings (SSSR count). The van der Waals surface area contributed by atoms with Crippen molar-refractivity contribution in [1.82, 2.24) is 10.3 Å². The Labute approximate surface area is 104 Å². The number of ether oxygens (including phenoxy) is 1. The van der Waals surface area contributed by atoms with Crippen LogP contribution in [0.15, 0.2) is 35.7 Å². The average Bonchev–Trinajstić information content (AvgIpc) is 2.90. The monoisotopic (exact) mass is 246 g/mol. The summed E-state index contributed by atoms with van der Waals surface area (Å²) in [5.41, 5.74) is 2.21. The Balaban J connectivity index is 1.83. The van der Waals surface area contributed by atoms with Crippen molar-refractivity contribution in [3.05, 3.63) is 40.7 Å². The Morgan fingerprint density at radius 2 is 2.18 bits per heavy atom. The van der Waals surface area contributed by atoms with E-state index in [2.05, 4.69) is 27.8 Å². The normalized spacial score (nSPS) is 20.4. The molecule has 1 atom stereocenters. The maximum atomic E-state index is 5.70. The third-order valence-electron chi connectivity index (χ3n) is 2.79. The number of benzene rings is 1. The van der Waals surface area contributed by atoms with E-state index in [0.29, 0.717) is 0 Å². The lowest BCUT2D eigenvalue weighted by Crippen LogP contribution is -2.33. The summed E-state index contributed by atoms with van der Waals surface area (Å²) in [7, 11) is 0. The van der Waals surface area contributed by atoms with Crippen LogP contribution in [0.5, 0.6) is 0 Å². The fourth-order valence-corrected chi connectivity index (χ4v) is 2.78. The molecule has 1 N–H and O–H groups in total. The van der Waals surface area contributed by atoms with Crippen LogP contribution in [-0.4, -0.2) is 24.7 Å². The second-order valence-electron chi connectivity index (χ2n) is 4.00. The van der Waals surface area contributed by atoms with Gasteiger partial charge in [0.05, 0.1) is 12.3 Å². The van der Waals surface area contributed by atoms with Crippen LogP contribution in [0.25, 0.3) is 11.3 Å². The van der Waals surface area contributed by atoms with Crippen LogP contribution < -0.4 is 5.32 Å². The van der Waals surface area contributed by atoms with Crippen LogP contribution >= 0.6 is 11.3 Å². The molecule has 3 nitrogen and oxygen atoms in total. The number of thiazole rings is 1. The van der Waals surface area contributed by atoms with Crippen molar-refractivity contribution in [2.45, 2.75) is 6.10 Å². The predicted molar refractivity (Wildman–Crippen MR) is 69.1 cm³/mol. The van der Waals surface area contributed by atoms with Crippen molar-refractivity contribution in [2.24, 2.45) is 0 Å². The first kappa shape index (κ1) is 10.9. The number of nitrogens with zero attached hydrogens (tertiary/aromatic N) is 1. The molecule has 1 fully saturated rings. The Bertz CT molecular complexity index is 477. The zero-order valence-electron chi connectivity index (χ0n) is 9.43. The standard InChI is InChI=1S/C13H14N2OS/c1-2-4-10(5-3-1)11-9-17-13(15-11)12-8-14-6-7-16-12/h1-5,9,12,14H,6-8H2/t12-/m1/s1. The summed E-state index contributed by atoms with van der Waals surface area (Å²) in [5, 5.41) is 6.49. The van der Waals surface area contributed by atoms with Crippen LogP contribution in [-0.2, 0) is 4.74 Å². The van der Waals surface area contributed by atoms with Gasteiger partial charge in [0.25, 0.3) is 0 Å². The molecule has 1 aromatic heterocycles. The molecule has 17 heavy (non-hydrogen) atoms. The number of morpholine rings is 1. The quantitative estimate of drug-likeness (QED) is 0.884. The highest BCUT2D eigenvalue weighted by Gasteiger charge is 2.19. The third kappa shape index (κ3) is 2.39. The Hall–Kier alpha value is -1.23. The van der Waals surface area contributed by atoms with Gasteiger partial charge in [-0.2, -0.15) is 0 Å². The Morgan fingerprint density at radius 1 is 1.29 bits per heavy atom. The lowest BCUT2D eigenvalue weighted by molar-refractivity contribution is 0.0276. The number of nitrogens with one attached hydrogen (secondary N) is 1. The van der Waals surface area contributed by atoms with E-state index in [1.165, 1.54) is 5.56 Å². The van der Waals surface area contributed by atoms with Crippen LogP contribution in [0.4, 0.5) is 0 Å². The van der Waals surface area contributed by atoms with Gasteiger partial charge in [-0.25, -0.2) is 4.98 Å². The van der Waals surface area contributed by atoms with Crippen molar-refractivity contribution in [3.8, 4) is 11.3 Å². The average molecular weight is 246 g/mol. The van der Waals surface area contributed by atoms with Crippen LogP contribution in [0.3, 0.4) is 0 Å². The van der Waals surface area contributed by atoms with E-state index >= 15 is 0 Å². The van der Waals surface area contributed by atoms with Gasteiger partial charge in [0.1, 0.15) is 11.1 Å². The van der Waals surface area contributed by atoms with Gasteiger partial charge in [-0.05, 0) is 0 Å².